The molecule has 2 N–H and O–H groups in total. The number of aryl methyl sites for hydroxylation is 1. The zero-order valence-electron chi connectivity index (χ0n) is 10.6. The minimum Gasteiger partial charge on any atom is -0.388 e. The van der Waals surface area contributed by atoms with E-state index >= 15 is 0 Å². The van der Waals surface area contributed by atoms with Gasteiger partial charge in [-0.3, -0.25) is 4.98 Å². The van der Waals surface area contributed by atoms with Crippen molar-refractivity contribution in [3.05, 3.63) is 23.5 Å². The normalized spacial score (nSPS) is 28.0. The molecule has 2 aliphatic rings. The third-order valence-electron chi connectivity index (χ3n) is 3.62. The molecule has 2 fully saturated rings. The van der Waals surface area contributed by atoms with Crippen molar-refractivity contribution >= 4 is 5.69 Å². The Morgan fingerprint density at radius 1 is 1.39 bits per heavy atom. The number of nitrogens with one attached hydrogen (secondary N) is 1. The molecular formula is C13H19N3O2. The number of nitrogens with zero attached hydrogens (tertiary/aromatic N) is 2. The van der Waals surface area contributed by atoms with Crippen molar-refractivity contribution in [2.75, 3.05) is 37.7 Å². The van der Waals surface area contributed by atoms with E-state index in [-0.39, 0.29) is 6.10 Å². The number of aliphatic hydroxyl groups excluding tert-OH is 1. The molecule has 0 radical (unpaired) electrons. The summed E-state index contributed by atoms with van der Waals surface area (Å²) in [6.07, 6.45) is -0.636. The molecule has 0 saturated carbocycles. The zero-order chi connectivity index (χ0) is 12.5. The predicted octanol–water partition coefficient (Wildman–Crippen LogP) is 0.232. The number of piperazine rings is 1. The molecule has 2 unspecified atom stereocenters. The summed E-state index contributed by atoms with van der Waals surface area (Å²) in [6, 6.07) is 4.06. The molecule has 0 amide bonds. The van der Waals surface area contributed by atoms with E-state index in [0.717, 1.165) is 37.6 Å². The van der Waals surface area contributed by atoms with Crippen molar-refractivity contribution < 1.29 is 9.84 Å². The van der Waals surface area contributed by atoms with Crippen LogP contribution in [0.15, 0.2) is 12.1 Å². The maximum absolute atomic E-state index is 9.59. The molecule has 0 aromatic carbocycles. The van der Waals surface area contributed by atoms with Crippen LogP contribution in [0, 0.1) is 6.92 Å². The highest BCUT2D eigenvalue weighted by molar-refractivity contribution is 5.51. The summed E-state index contributed by atoms with van der Waals surface area (Å²) in [5.41, 5.74) is 3.04. The minimum absolute atomic E-state index is 0.235. The number of aromatic nitrogens is 1. The van der Waals surface area contributed by atoms with Crippen LogP contribution in [0.4, 0.5) is 5.69 Å². The quantitative estimate of drug-likeness (QED) is 0.786. The van der Waals surface area contributed by atoms with Crippen LogP contribution < -0.4 is 10.2 Å². The van der Waals surface area contributed by atoms with E-state index < -0.39 is 6.10 Å². The van der Waals surface area contributed by atoms with Gasteiger partial charge in [0.05, 0.1) is 23.7 Å². The van der Waals surface area contributed by atoms with Crippen LogP contribution in [0.3, 0.4) is 0 Å². The topological polar surface area (TPSA) is 57.6 Å². The summed E-state index contributed by atoms with van der Waals surface area (Å²) in [4.78, 5) is 6.92. The lowest BCUT2D eigenvalue weighted by Crippen LogP contribution is -2.44. The fourth-order valence-corrected chi connectivity index (χ4v) is 2.53. The highest BCUT2D eigenvalue weighted by Crippen LogP contribution is 2.30. The molecular weight excluding hydrogens is 230 g/mol. The minimum atomic E-state index is -0.401. The molecule has 2 atom stereocenters. The van der Waals surface area contributed by atoms with E-state index in [2.05, 4.69) is 21.3 Å². The van der Waals surface area contributed by atoms with Gasteiger partial charge in [0, 0.05) is 26.2 Å². The number of pyridine rings is 1. The number of hydrogen-bond acceptors (Lipinski definition) is 5. The van der Waals surface area contributed by atoms with Crippen molar-refractivity contribution in [2.24, 2.45) is 0 Å². The molecule has 2 saturated heterocycles. The summed E-state index contributed by atoms with van der Waals surface area (Å²) >= 11 is 0. The van der Waals surface area contributed by atoms with Crippen molar-refractivity contribution in [2.45, 2.75) is 19.1 Å². The summed E-state index contributed by atoms with van der Waals surface area (Å²) < 4.78 is 5.33. The first-order valence-electron chi connectivity index (χ1n) is 6.48. The molecule has 0 aliphatic carbocycles. The Labute approximate surface area is 107 Å². The Kier molecular flexibility index (Phi) is 3.20. The Balaban J connectivity index is 1.80. The molecule has 3 rings (SSSR count). The Morgan fingerprint density at radius 3 is 2.72 bits per heavy atom. The van der Waals surface area contributed by atoms with E-state index in [0.29, 0.717) is 6.61 Å². The lowest BCUT2D eigenvalue weighted by molar-refractivity contribution is -0.167. The van der Waals surface area contributed by atoms with Crippen LogP contribution in [0.1, 0.15) is 17.5 Å². The Morgan fingerprint density at radius 2 is 2.17 bits per heavy atom. The second-order valence-corrected chi connectivity index (χ2v) is 4.90. The van der Waals surface area contributed by atoms with Crippen molar-refractivity contribution in [3.8, 4) is 0 Å². The predicted molar refractivity (Wildman–Crippen MR) is 68.8 cm³/mol. The van der Waals surface area contributed by atoms with Gasteiger partial charge < -0.3 is 20.1 Å². The smallest absolute Gasteiger partial charge is 0.128 e. The number of ether oxygens (including phenoxy) is 1. The molecule has 3 heterocycles. The van der Waals surface area contributed by atoms with Gasteiger partial charge in [0.2, 0.25) is 0 Å². The van der Waals surface area contributed by atoms with Gasteiger partial charge in [0.25, 0.3) is 0 Å². The van der Waals surface area contributed by atoms with E-state index in [1.165, 1.54) is 5.69 Å². The van der Waals surface area contributed by atoms with Gasteiger partial charge >= 0.3 is 0 Å². The highest BCUT2D eigenvalue weighted by atomic mass is 16.5. The monoisotopic (exact) mass is 249 g/mol. The summed E-state index contributed by atoms with van der Waals surface area (Å²) in [7, 11) is 0. The van der Waals surface area contributed by atoms with Gasteiger partial charge in [-0.25, -0.2) is 0 Å². The second kappa shape index (κ2) is 4.84. The van der Waals surface area contributed by atoms with Crippen molar-refractivity contribution in [1.82, 2.24) is 10.3 Å². The molecule has 5 nitrogen and oxygen atoms in total. The zero-order valence-corrected chi connectivity index (χ0v) is 10.6. The van der Waals surface area contributed by atoms with Crippen LogP contribution in [0.25, 0.3) is 0 Å². The Bertz CT molecular complexity index is 432. The van der Waals surface area contributed by atoms with Gasteiger partial charge in [-0.15, -0.1) is 0 Å². The number of rotatable bonds is 2. The number of aliphatic hydroxyl groups is 1. The first-order chi connectivity index (χ1) is 8.75. The number of anilines is 1. The second-order valence-electron chi connectivity index (χ2n) is 4.90. The van der Waals surface area contributed by atoms with Crippen molar-refractivity contribution in [3.63, 3.8) is 0 Å². The van der Waals surface area contributed by atoms with E-state index in [4.69, 9.17) is 4.74 Å². The molecule has 1 aromatic rings. The fourth-order valence-electron chi connectivity index (χ4n) is 2.53. The van der Waals surface area contributed by atoms with E-state index in [1.807, 2.05) is 13.0 Å². The van der Waals surface area contributed by atoms with Gasteiger partial charge in [-0.2, -0.15) is 0 Å². The van der Waals surface area contributed by atoms with E-state index in [9.17, 15) is 5.11 Å². The van der Waals surface area contributed by atoms with Crippen LogP contribution in [-0.2, 0) is 4.74 Å². The van der Waals surface area contributed by atoms with Gasteiger partial charge in [0.1, 0.15) is 12.2 Å². The molecule has 98 valence electrons. The molecule has 5 heteroatoms. The molecule has 18 heavy (non-hydrogen) atoms. The standard InChI is InChI=1S/C13H19N3O2/c1-9-11(16-6-4-14-5-7-16)3-2-10(15-9)13-12(17)8-18-13/h2-3,12-14,17H,4-8H2,1H3. The van der Waals surface area contributed by atoms with Crippen LogP contribution in [0.5, 0.6) is 0 Å². The largest absolute Gasteiger partial charge is 0.388 e. The van der Waals surface area contributed by atoms with Gasteiger partial charge in [0.15, 0.2) is 0 Å². The van der Waals surface area contributed by atoms with Crippen molar-refractivity contribution in [1.29, 1.82) is 0 Å². The summed E-state index contributed by atoms with van der Waals surface area (Å²) in [6.45, 7) is 6.52. The molecule has 1 aromatic heterocycles. The van der Waals surface area contributed by atoms with Crippen LogP contribution in [-0.4, -0.2) is 49.0 Å². The summed E-state index contributed by atoms with van der Waals surface area (Å²) in [5.74, 6) is 0. The third kappa shape index (κ3) is 2.09. The fraction of sp³-hybridized carbons (Fsp3) is 0.615. The lowest BCUT2D eigenvalue weighted by Gasteiger charge is -2.34. The Hall–Kier alpha value is -1.17. The molecule has 2 aliphatic heterocycles. The van der Waals surface area contributed by atoms with Crippen LogP contribution in [0.2, 0.25) is 0 Å². The lowest BCUT2D eigenvalue weighted by atomic mass is 10.1. The maximum Gasteiger partial charge on any atom is 0.128 e. The van der Waals surface area contributed by atoms with Gasteiger partial charge in [-0.1, -0.05) is 0 Å². The first-order valence-corrected chi connectivity index (χ1v) is 6.48. The first kappa shape index (κ1) is 11.9. The van der Waals surface area contributed by atoms with Gasteiger partial charge in [-0.05, 0) is 19.1 Å². The maximum atomic E-state index is 9.59. The SMILES string of the molecule is Cc1nc(C2OCC2O)ccc1N1CCNCC1. The average Bonchev–Trinajstić information content (AvgIpc) is 2.38. The number of hydrogen-bond donors (Lipinski definition) is 2. The average molecular weight is 249 g/mol. The molecule has 0 spiro atoms. The van der Waals surface area contributed by atoms with Crippen LogP contribution >= 0.6 is 0 Å². The molecule has 0 bridgehead atoms. The highest BCUT2D eigenvalue weighted by Gasteiger charge is 2.33. The summed E-state index contributed by atoms with van der Waals surface area (Å²) in [5, 5.41) is 12.9. The van der Waals surface area contributed by atoms with E-state index in [1.54, 1.807) is 0 Å². The third-order valence-corrected chi connectivity index (χ3v) is 3.62.